The van der Waals surface area contributed by atoms with E-state index < -0.39 is 0 Å². The second kappa shape index (κ2) is 10.2. The first kappa shape index (κ1) is 18.4. The molecule has 0 fully saturated rings. The Hall–Kier alpha value is -0.580. The van der Waals surface area contributed by atoms with E-state index in [1.165, 1.54) is 0 Å². The second-order valence-electron chi connectivity index (χ2n) is 4.41. The average molecular weight is 350 g/mol. The van der Waals surface area contributed by atoms with E-state index in [0.717, 1.165) is 48.0 Å². The van der Waals surface area contributed by atoms with Crippen LogP contribution in [0.3, 0.4) is 0 Å². The molecule has 0 aromatic heterocycles. The van der Waals surface area contributed by atoms with Gasteiger partial charge in [0, 0.05) is 16.6 Å². The summed E-state index contributed by atoms with van der Waals surface area (Å²) in [5.41, 5.74) is 7.37. The van der Waals surface area contributed by atoms with E-state index in [2.05, 4.69) is 21.2 Å². The Bertz CT molecular complexity index is 399. The number of nitrogens with two attached hydrogens (primary N) is 1. The third-order valence-electron chi connectivity index (χ3n) is 2.90. The predicted octanol–water partition coefficient (Wildman–Crippen LogP) is 4.03. The van der Waals surface area contributed by atoms with Crippen LogP contribution in [0, 0.1) is 6.92 Å². The van der Waals surface area contributed by atoms with E-state index in [1.807, 2.05) is 25.1 Å². The molecule has 1 rings (SSSR count). The minimum absolute atomic E-state index is 0. The van der Waals surface area contributed by atoms with Crippen molar-refractivity contribution in [2.75, 3.05) is 11.9 Å². The molecule has 0 radical (unpaired) electrons. The van der Waals surface area contributed by atoms with Gasteiger partial charge >= 0.3 is 0 Å². The third kappa shape index (κ3) is 6.95. The van der Waals surface area contributed by atoms with Crippen LogP contribution in [0.4, 0.5) is 5.69 Å². The number of carbonyl (C=O) groups excluding carboxylic acids is 1. The van der Waals surface area contributed by atoms with Crippen molar-refractivity contribution in [3.8, 4) is 0 Å². The van der Waals surface area contributed by atoms with Crippen molar-refractivity contribution in [3.05, 3.63) is 28.2 Å². The number of benzene rings is 1. The monoisotopic (exact) mass is 348 g/mol. The van der Waals surface area contributed by atoms with Crippen molar-refractivity contribution >= 4 is 39.9 Å². The molecular formula is C14H22BrClN2O. The van der Waals surface area contributed by atoms with E-state index in [0.29, 0.717) is 6.42 Å². The number of hydrogen-bond acceptors (Lipinski definition) is 2. The zero-order valence-corrected chi connectivity index (χ0v) is 13.6. The van der Waals surface area contributed by atoms with E-state index in [1.54, 1.807) is 0 Å². The summed E-state index contributed by atoms with van der Waals surface area (Å²) in [5.74, 6) is 0.0870. The molecule has 3 nitrogen and oxygen atoms in total. The molecule has 0 aliphatic heterocycles. The molecule has 0 aliphatic carbocycles. The Kier molecular flexibility index (Phi) is 9.92. The zero-order valence-electron chi connectivity index (χ0n) is 11.2. The van der Waals surface area contributed by atoms with E-state index in [9.17, 15) is 4.79 Å². The summed E-state index contributed by atoms with van der Waals surface area (Å²) >= 11 is 3.45. The lowest BCUT2D eigenvalue weighted by atomic mass is 10.1. The summed E-state index contributed by atoms with van der Waals surface area (Å²) in [5, 5.41) is 2.95. The van der Waals surface area contributed by atoms with Crippen LogP contribution in [0.5, 0.6) is 0 Å². The third-order valence-corrected chi connectivity index (χ3v) is 3.76. The van der Waals surface area contributed by atoms with Crippen LogP contribution in [0.25, 0.3) is 0 Å². The molecule has 1 aromatic rings. The molecule has 0 spiro atoms. The van der Waals surface area contributed by atoms with Crippen molar-refractivity contribution in [3.63, 3.8) is 0 Å². The Morgan fingerprint density at radius 3 is 2.63 bits per heavy atom. The Morgan fingerprint density at radius 2 is 1.95 bits per heavy atom. The van der Waals surface area contributed by atoms with Gasteiger partial charge in [0.15, 0.2) is 0 Å². The fourth-order valence-electron chi connectivity index (χ4n) is 1.74. The number of rotatable bonds is 7. The van der Waals surface area contributed by atoms with Crippen LogP contribution in [0.2, 0.25) is 0 Å². The lowest BCUT2D eigenvalue weighted by Crippen LogP contribution is -2.12. The molecule has 0 unspecified atom stereocenters. The van der Waals surface area contributed by atoms with Gasteiger partial charge in [0.1, 0.15) is 0 Å². The van der Waals surface area contributed by atoms with Crippen LogP contribution in [0.1, 0.15) is 37.7 Å². The van der Waals surface area contributed by atoms with Crippen LogP contribution < -0.4 is 11.1 Å². The number of unbranched alkanes of at least 4 members (excludes halogenated alkanes) is 3. The molecule has 0 atom stereocenters. The van der Waals surface area contributed by atoms with Gasteiger partial charge in [0.25, 0.3) is 0 Å². The maximum atomic E-state index is 11.8. The molecule has 1 aromatic carbocycles. The summed E-state index contributed by atoms with van der Waals surface area (Å²) in [4.78, 5) is 11.8. The molecule has 19 heavy (non-hydrogen) atoms. The molecule has 0 aliphatic rings. The van der Waals surface area contributed by atoms with Crippen molar-refractivity contribution in [2.45, 2.75) is 39.0 Å². The largest absolute Gasteiger partial charge is 0.330 e. The molecule has 5 heteroatoms. The highest BCUT2D eigenvalue weighted by Crippen LogP contribution is 2.23. The lowest BCUT2D eigenvalue weighted by molar-refractivity contribution is -0.116. The van der Waals surface area contributed by atoms with E-state index in [-0.39, 0.29) is 18.3 Å². The fraction of sp³-hybridized carbons (Fsp3) is 0.500. The minimum Gasteiger partial charge on any atom is -0.330 e. The summed E-state index contributed by atoms with van der Waals surface area (Å²) in [6.07, 6.45) is 4.74. The maximum absolute atomic E-state index is 11.8. The van der Waals surface area contributed by atoms with Crippen LogP contribution in [0.15, 0.2) is 22.7 Å². The summed E-state index contributed by atoms with van der Waals surface area (Å²) in [7, 11) is 0. The van der Waals surface area contributed by atoms with Crippen LogP contribution in [-0.2, 0) is 4.79 Å². The molecule has 0 saturated heterocycles. The van der Waals surface area contributed by atoms with Gasteiger partial charge in [0.05, 0.1) is 0 Å². The Morgan fingerprint density at radius 1 is 1.26 bits per heavy atom. The predicted molar refractivity (Wildman–Crippen MR) is 86.9 cm³/mol. The molecule has 0 heterocycles. The molecule has 0 saturated carbocycles. The summed E-state index contributed by atoms with van der Waals surface area (Å²) < 4.78 is 1.02. The minimum atomic E-state index is 0. The average Bonchev–Trinajstić information content (AvgIpc) is 2.35. The number of carbonyl (C=O) groups is 1. The number of halogens is 2. The fourth-order valence-corrected chi connectivity index (χ4v) is 2.11. The van der Waals surface area contributed by atoms with Crippen molar-refractivity contribution < 1.29 is 4.79 Å². The van der Waals surface area contributed by atoms with E-state index >= 15 is 0 Å². The number of amides is 1. The van der Waals surface area contributed by atoms with Crippen molar-refractivity contribution in [1.82, 2.24) is 0 Å². The van der Waals surface area contributed by atoms with Crippen molar-refractivity contribution in [1.29, 1.82) is 0 Å². The number of hydrogen-bond donors (Lipinski definition) is 2. The van der Waals surface area contributed by atoms with Gasteiger partial charge in [-0.3, -0.25) is 4.79 Å². The first-order valence-corrected chi connectivity index (χ1v) is 7.19. The van der Waals surface area contributed by atoms with Crippen LogP contribution in [-0.4, -0.2) is 12.5 Å². The zero-order chi connectivity index (χ0) is 13.4. The van der Waals surface area contributed by atoms with Gasteiger partial charge in [-0.15, -0.1) is 12.4 Å². The second-order valence-corrected chi connectivity index (χ2v) is 5.27. The highest BCUT2D eigenvalue weighted by atomic mass is 79.9. The van der Waals surface area contributed by atoms with Gasteiger partial charge in [-0.05, 0) is 44.0 Å². The molecule has 108 valence electrons. The SMILES string of the molecule is Cc1c(Br)cccc1NC(=O)CCCCCCN.Cl. The first-order valence-electron chi connectivity index (χ1n) is 6.40. The molecule has 1 amide bonds. The normalized spacial score (nSPS) is 9.84. The van der Waals surface area contributed by atoms with Gasteiger partial charge in [-0.1, -0.05) is 34.8 Å². The van der Waals surface area contributed by atoms with Gasteiger partial charge in [0.2, 0.25) is 5.91 Å². The molecular weight excluding hydrogens is 328 g/mol. The summed E-state index contributed by atoms with van der Waals surface area (Å²) in [6, 6.07) is 5.82. The Balaban J connectivity index is 0.00000324. The number of anilines is 1. The smallest absolute Gasteiger partial charge is 0.224 e. The first-order chi connectivity index (χ1) is 8.65. The topological polar surface area (TPSA) is 55.1 Å². The standard InChI is InChI=1S/C14H21BrN2O.ClH/c1-11-12(15)7-6-8-13(11)17-14(18)9-4-2-3-5-10-16;/h6-8H,2-5,9-10,16H2,1H3,(H,17,18);1H. The molecule has 0 bridgehead atoms. The van der Waals surface area contributed by atoms with Gasteiger partial charge in [-0.25, -0.2) is 0 Å². The van der Waals surface area contributed by atoms with Gasteiger partial charge in [-0.2, -0.15) is 0 Å². The van der Waals surface area contributed by atoms with Crippen LogP contribution >= 0.6 is 28.3 Å². The van der Waals surface area contributed by atoms with Gasteiger partial charge < -0.3 is 11.1 Å². The van der Waals surface area contributed by atoms with E-state index in [4.69, 9.17) is 5.73 Å². The van der Waals surface area contributed by atoms with Crippen molar-refractivity contribution in [2.24, 2.45) is 5.73 Å². The highest BCUT2D eigenvalue weighted by Gasteiger charge is 2.06. The quantitative estimate of drug-likeness (QED) is 0.730. The maximum Gasteiger partial charge on any atom is 0.224 e. The number of nitrogens with one attached hydrogen (secondary N) is 1. The molecule has 3 N–H and O–H groups in total. The summed E-state index contributed by atoms with van der Waals surface area (Å²) in [6.45, 7) is 2.73. The highest BCUT2D eigenvalue weighted by molar-refractivity contribution is 9.10. The Labute approximate surface area is 129 Å². The lowest BCUT2D eigenvalue weighted by Gasteiger charge is -2.09.